The molecule has 68 heavy (non-hydrogen) atoms. The Hall–Kier alpha value is -6.37. The van der Waals surface area contributed by atoms with Gasteiger partial charge in [-0.2, -0.15) is 0 Å². The predicted molar refractivity (Wildman–Crippen MR) is 255 cm³/mol. The molecular formula is C49H63F2N11O6. The minimum Gasteiger partial charge on any atom is -0.493 e. The summed E-state index contributed by atoms with van der Waals surface area (Å²) in [5.41, 5.74) is 4.30. The Bertz CT molecular complexity index is 2590. The van der Waals surface area contributed by atoms with E-state index >= 15 is 0 Å². The first kappa shape index (κ1) is 48.1. The summed E-state index contributed by atoms with van der Waals surface area (Å²) in [5, 5.41) is 26.3. The maximum Gasteiger partial charge on any atom is 0.329 e. The topological polar surface area (TPSA) is 201 Å². The number of allylic oxidation sites excluding steroid dienone is 1. The van der Waals surface area contributed by atoms with E-state index in [1.165, 1.54) is 28.3 Å². The van der Waals surface area contributed by atoms with E-state index in [0.717, 1.165) is 56.2 Å². The Morgan fingerprint density at radius 2 is 1.71 bits per heavy atom. The number of anilines is 1. The van der Waals surface area contributed by atoms with Crippen LogP contribution in [0.4, 0.5) is 14.5 Å². The fourth-order valence-corrected chi connectivity index (χ4v) is 10.4. The number of alkyl halides is 2. The normalized spacial score (nSPS) is 20.2. The van der Waals surface area contributed by atoms with Crippen LogP contribution < -0.4 is 31.3 Å². The summed E-state index contributed by atoms with van der Waals surface area (Å²) in [6.45, 7) is 6.86. The second kappa shape index (κ2) is 20.9. The van der Waals surface area contributed by atoms with Crippen LogP contribution in [0.2, 0.25) is 0 Å². The van der Waals surface area contributed by atoms with Gasteiger partial charge < -0.3 is 40.4 Å². The molecule has 4 amide bonds. The third-order valence-electron chi connectivity index (χ3n) is 14.4. The summed E-state index contributed by atoms with van der Waals surface area (Å²) in [6, 6.07) is 7.93. The van der Waals surface area contributed by atoms with Crippen molar-refractivity contribution in [2.24, 2.45) is 13.0 Å². The largest absolute Gasteiger partial charge is 0.493 e. The number of rotatable bonds is 14. The molecule has 0 radical (unpaired) electrons. The summed E-state index contributed by atoms with van der Waals surface area (Å²) < 4.78 is 38.3. The van der Waals surface area contributed by atoms with Crippen LogP contribution >= 0.6 is 0 Å². The fraction of sp³-hybridized carbons (Fsp3) is 0.531. The summed E-state index contributed by atoms with van der Waals surface area (Å²) in [6.07, 6.45) is 5.90. The molecule has 5 aliphatic heterocycles. The molecule has 19 heteroatoms. The van der Waals surface area contributed by atoms with Crippen molar-refractivity contribution in [1.82, 2.24) is 39.8 Å². The summed E-state index contributed by atoms with van der Waals surface area (Å²) in [5.74, 6) is 0.390. The van der Waals surface area contributed by atoms with E-state index in [9.17, 15) is 38.2 Å². The van der Waals surface area contributed by atoms with Crippen LogP contribution in [0.15, 0.2) is 52.6 Å². The van der Waals surface area contributed by atoms with E-state index in [2.05, 4.69) is 20.9 Å². The number of fused-ring (bicyclic) bond motifs is 2. The number of amides is 4. The minimum absolute atomic E-state index is 0.0647. The molecule has 3 saturated heterocycles. The molecule has 3 aromatic rings. The van der Waals surface area contributed by atoms with Crippen molar-refractivity contribution in [2.45, 2.75) is 89.6 Å². The third kappa shape index (κ3) is 10.2. The van der Waals surface area contributed by atoms with Gasteiger partial charge in [0.05, 0.1) is 24.2 Å². The highest BCUT2D eigenvalue weighted by Gasteiger charge is 2.34. The molecule has 0 spiro atoms. The van der Waals surface area contributed by atoms with Crippen molar-refractivity contribution in [3.63, 3.8) is 0 Å². The number of likely N-dealkylation sites (tertiary alicyclic amines) is 2. The number of piperidine rings is 3. The molecule has 0 saturated carbocycles. The Morgan fingerprint density at radius 1 is 0.941 bits per heavy atom. The van der Waals surface area contributed by atoms with Crippen molar-refractivity contribution in [1.29, 1.82) is 10.8 Å². The van der Waals surface area contributed by atoms with E-state index in [4.69, 9.17) is 10.1 Å². The number of nitrogens with zero attached hydrogens (tertiary/aromatic N) is 6. The molecule has 3 fully saturated rings. The van der Waals surface area contributed by atoms with Crippen molar-refractivity contribution in [3.05, 3.63) is 75.0 Å². The zero-order chi connectivity index (χ0) is 48.2. The first-order valence-corrected chi connectivity index (χ1v) is 23.9. The molecule has 364 valence electrons. The van der Waals surface area contributed by atoms with Crippen molar-refractivity contribution in [3.8, 4) is 5.75 Å². The lowest BCUT2D eigenvalue weighted by Crippen LogP contribution is -2.49. The van der Waals surface area contributed by atoms with Crippen LogP contribution in [-0.2, 0) is 32.6 Å². The zero-order valence-corrected chi connectivity index (χ0v) is 39.2. The van der Waals surface area contributed by atoms with Crippen LogP contribution in [0.3, 0.4) is 0 Å². The van der Waals surface area contributed by atoms with Gasteiger partial charge in [0.15, 0.2) is 0 Å². The van der Waals surface area contributed by atoms with Gasteiger partial charge in [-0.1, -0.05) is 0 Å². The molecule has 6 heterocycles. The lowest BCUT2D eigenvalue weighted by Gasteiger charge is -2.39. The number of benzene rings is 2. The molecule has 1 unspecified atom stereocenters. The number of amidine groups is 1. The highest BCUT2D eigenvalue weighted by atomic mass is 19.3. The van der Waals surface area contributed by atoms with Crippen molar-refractivity contribution >= 4 is 58.0 Å². The van der Waals surface area contributed by atoms with Gasteiger partial charge in [-0.05, 0) is 99.3 Å². The molecule has 1 atom stereocenters. The highest BCUT2D eigenvalue weighted by Crippen LogP contribution is 2.38. The number of imide groups is 1. The average Bonchev–Trinajstić information content (AvgIpc) is 3.58. The van der Waals surface area contributed by atoms with E-state index in [0.29, 0.717) is 110 Å². The lowest BCUT2D eigenvalue weighted by molar-refractivity contribution is -0.136. The van der Waals surface area contributed by atoms with Crippen LogP contribution in [0.1, 0.15) is 93.9 Å². The van der Waals surface area contributed by atoms with Crippen LogP contribution in [0.25, 0.3) is 16.6 Å². The second-order valence-corrected chi connectivity index (χ2v) is 18.6. The molecule has 0 aliphatic carbocycles. The molecule has 0 bridgehead atoms. The van der Waals surface area contributed by atoms with Gasteiger partial charge in [0.25, 0.3) is 6.43 Å². The van der Waals surface area contributed by atoms with E-state index in [-0.39, 0.29) is 60.2 Å². The summed E-state index contributed by atoms with van der Waals surface area (Å²) >= 11 is 0. The number of halogens is 2. The lowest BCUT2D eigenvalue weighted by atomic mass is 9.91. The number of nitrogens with one attached hydrogen (secondary N) is 5. The molecule has 8 rings (SSSR count). The number of hydrogen-bond donors (Lipinski definition) is 5. The van der Waals surface area contributed by atoms with Gasteiger partial charge in [0.2, 0.25) is 23.6 Å². The van der Waals surface area contributed by atoms with Crippen LogP contribution in [-0.4, -0.2) is 132 Å². The number of aromatic nitrogens is 2. The molecule has 1 aromatic heterocycles. The first-order chi connectivity index (χ1) is 32.7. The number of ether oxygens (including phenoxy) is 1. The molecule has 2 aromatic carbocycles. The summed E-state index contributed by atoms with van der Waals surface area (Å²) in [4.78, 5) is 71.3. The Kier molecular flexibility index (Phi) is 14.8. The summed E-state index contributed by atoms with van der Waals surface area (Å²) in [7, 11) is 3.32. The number of carbonyl (C=O) groups excluding carboxylic acids is 4. The Morgan fingerprint density at radius 3 is 2.40 bits per heavy atom. The van der Waals surface area contributed by atoms with E-state index < -0.39 is 18.4 Å². The van der Waals surface area contributed by atoms with Gasteiger partial charge in [0, 0.05) is 126 Å². The fourth-order valence-electron chi connectivity index (χ4n) is 10.4. The SMILES string of the molecule is CN/C=C(\C=N)c1cc2c(cc1C(F)F)N(C(=N)C1=C(NC3CCN(C(=O)CCN4CCC(COc5ccc6c(c5)n(C)c(=O)n6C5CCC(=O)NC5=O)CC4)CC3)CCN(C(C)=O)C1)CCC2. The quantitative estimate of drug-likeness (QED) is 0.0874. The van der Waals surface area contributed by atoms with Gasteiger partial charge >= 0.3 is 5.69 Å². The van der Waals surface area contributed by atoms with Gasteiger partial charge in [-0.3, -0.25) is 39.0 Å². The maximum atomic E-state index is 14.6. The highest BCUT2D eigenvalue weighted by molar-refractivity contribution is 6.11. The minimum atomic E-state index is -2.79. The average molecular weight is 940 g/mol. The standard InChI is InChI=1S/C49H63F2N11O6/c1-30(63)60-22-14-39(38(28-60)47(53)61-16-4-5-32-23-36(33(26-52)27-54-2)37(46(50)51)25-42(32)61)55-34-12-20-59(21-13-34)45(65)15-19-58-17-10-31(11-18-58)29-68-35-6-7-40-43(24-35)57(3)49(67)62(40)41-8-9-44(64)56-48(41)66/h6-7,23-27,31,34,41,46,52-55H,4-5,8-22,28-29H2,1-3H3,(H,56,64,66)/b33-27+,52-26?,53-47?. The number of imidazole rings is 1. The molecule has 17 nitrogen and oxygen atoms in total. The van der Waals surface area contributed by atoms with E-state index in [1.807, 2.05) is 17.0 Å². The third-order valence-corrected chi connectivity index (χ3v) is 14.4. The van der Waals surface area contributed by atoms with Crippen LogP contribution in [0, 0.1) is 16.7 Å². The number of aryl methyl sites for hydroxylation is 2. The molecule has 5 aliphatic rings. The maximum absolute atomic E-state index is 14.6. The van der Waals surface area contributed by atoms with Crippen molar-refractivity contribution in [2.75, 3.05) is 70.9 Å². The van der Waals surface area contributed by atoms with E-state index in [1.54, 1.807) is 36.0 Å². The van der Waals surface area contributed by atoms with Crippen LogP contribution in [0.5, 0.6) is 5.75 Å². The Balaban J connectivity index is 0.823. The Labute approximate surface area is 394 Å². The molecular weight excluding hydrogens is 877 g/mol. The first-order valence-electron chi connectivity index (χ1n) is 23.9. The second-order valence-electron chi connectivity index (χ2n) is 18.6. The van der Waals surface area contributed by atoms with Gasteiger partial charge in [-0.25, -0.2) is 13.6 Å². The number of hydrogen-bond acceptors (Lipinski definition) is 11. The van der Waals surface area contributed by atoms with Crippen molar-refractivity contribution < 1.29 is 32.7 Å². The molecule has 5 N–H and O–H groups in total. The zero-order valence-electron chi connectivity index (χ0n) is 39.2. The monoisotopic (exact) mass is 939 g/mol. The van der Waals surface area contributed by atoms with Gasteiger partial charge in [-0.15, -0.1) is 0 Å². The predicted octanol–water partition coefficient (Wildman–Crippen LogP) is 4.46. The smallest absolute Gasteiger partial charge is 0.329 e. The number of carbonyl (C=O) groups is 4. The van der Waals surface area contributed by atoms with Gasteiger partial charge in [0.1, 0.15) is 17.6 Å².